The van der Waals surface area contributed by atoms with Crippen molar-refractivity contribution in [3.8, 4) is 11.5 Å². The Balaban J connectivity index is 2.05. The number of amides is 1. The highest BCUT2D eigenvalue weighted by Crippen LogP contribution is 2.53. The molecule has 4 bridgehead atoms. The van der Waals surface area contributed by atoms with Gasteiger partial charge in [-0.25, -0.2) is 0 Å². The van der Waals surface area contributed by atoms with Crippen molar-refractivity contribution in [2.45, 2.75) is 99.3 Å². The first-order valence-corrected chi connectivity index (χ1v) is 17.3. The third-order valence-electron chi connectivity index (χ3n) is 10.5. The highest BCUT2D eigenvalue weighted by molar-refractivity contribution is 6.21. The number of carbonyl (C=O) groups is 3. The van der Waals surface area contributed by atoms with Crippen LogP contribution in [0.5, 0.6) is 11.5 Å². The van der Waals surface area contributed by atoms with Crippen molar-refractivity contribution >= 4 is 28.9 Å². The molecule has 1 amide bonds. The van der Waals surface area contributed by atoms with Crippen molar-refractivity contribution in [1.82, 2.24) is 0 Å². The highest BCUT2D eigenvalue weighted by Gasteiger charge is 2.44. The van der Waals surface area contributed by atoms with E-state index in [1.165, 1.54) is 46.8 Å². The second-order valence-electron chi connectivity index (χ2n) is 14.5. The lowest BCUT2D eigenvalue weighted by Crippen LogP contribution is -2.50. The number of aromatic hydroxyl groups is 1. The number of anilines is 1. The number of nitrogens with one attached hydrogen (secondary N) is 1. The van der Waals surface area contributed by atoms with Crippen LogP contribution in [-0.4, -0.2) is 85.1 Å². The number of Topliss-reactive ketones (excluding diaryl/α,β-unsaturated/α-hetero) is 1. The molecular weight excluding hydrogens is 674 g/mol. The highest BCUT2D eigenvalue weighted by atomic mass is 16.7. The molecule has 0 saturated heterocycles. The van der Waals surface area contributed by atoms with Gasteiger partial charge >= 0.3 is 5.97 Å². The maximum atomic E-state index is 13.9. The zero-order valence-corrected chi connectivity index (χ0v) is 31.3. The van der Waals surface area contributed by atoms with Crippen LogP contribution in [-0.2, 0) is 19.1 Å². The number of benzene rings is 1. The molecule has 1 aromatic carbocycles. The Kier molecular flexibility index (Phi) is 12.0. The van der Waals surface area contributed by atoms with Gasteiger partial charge in [-0.3, -0.25) is 14.4 Å². The van der Waals surface area contributed by atoms with Crippen molar-refractivity contribution in [1.29, 1.82) is 0 Å². The van der Waals surface area contributed by atoms with Gasteiger partial charge in [0.2, 0.25) is 6.79 Å². The summed E-state index contributed by atoms with van der Waals surface area (Å²) >= 11 is 0. The van der Waals surface area contributed by atoms with Crippen LogP contribution < -0.4 is 10.1 Å². The molecule has 0 aromatic heterocycles. The standard InChI is InChI=1S/C39H51NO12/c1-16-12-11-13-17(2)38(48)40-28-19(4)36(52-24(9)41)25-26(33(28)46)32(45)22(7)35-27(25)34(50-15-51-35)18(3)14-39(10,49)37(47)23(8)31(44)21(6)30(43)20(5)29(16)42/h11-14,16,20-21,23,29-31,37,42-44,46-47,49H,15H2,1-10H3,(H,40,48)/b12-11-,17-13+,18-14+/t16-,20-,21-,23+,29+,30-,31+,37+,39+/m1/s1. The molecule has 7 N–H and O–H groups in total. The molecule has 284 valence electrons. The summed E-state index contributed by atoms with van der Waals surface area (Å²) in [5, 5.41) is 71.1. The van der Waals surface area contributed by atoms with E-state index in [-0.39, 0.29) is 68.7 Å². The predicted molar refractivity (Wildman–Crippen MR) is 192 cm³/mol. The molecule has 13 nitrogen and oxygen atoms in total. The average Bonchev–Trinajstić information content (AvgIpc) is 3.09. The number of aliphatic hydroxyl groups is 5. The van der Waals surface area contributed by atoms with Crippen molar-refractivity contribution in [2.75, 3.05) is 12.1 Å². The Labute approximate surface area is 303 Å². The van der Waals surface area contributed by atoms with Crippen LogP contribution in [0.4, 0.5) is 5.69 Å². The quantitative estimate of drug-likeness (QED) is 0.125. The van der Waals surface area contributed by atoms with Crippen molar-refractivity contribution in [3.63, 3.8) is 0 Å². The minimum atomic E-state index is -2.01. The number of ketones is 1. The second-order valence-corrected chi connectivity index (χ2v) is 14.5. The number of phenols is 1. The number of esters is 1. The fraction of sp³-hybridized carbons (Fsp3) is 0.513. The third-order valence-corrected chi connectivity index (χ3v) is 10.5. The number of hydrogen-bond acceptors (Lipinski definition) is 12. The first-order chi connectivity index (χ1) is 24.1. The zero-order valence-electron chi connectivity index (χ0n) is 31.3. The van der Waals surface area contributed by atoms with E-state index in [9.17, 15) is 45.0 Å². The molecule has 1 aromatic rings. The van der Waals surface area contributed by atoms with Crippen LogP contribution in [0.3, 0.4) is 0 Å². The van der Waals surface area contributed by atoms with Crippen LogP contribution in [0.1, 0.15) is 83.8 Å². The molecular formula is C39H51NO12. The van der Waals surface area contributed by atoms with E-state index in [0.717, 1.165) is 6.92 Å². The normalized spacial score (nSPS) is 34.7. The molecule has 13 heteroatoms. The van der Waals surface area contributed by atoms with Gasteiger partial charge in [0.25, 0.3) is 5.91 Å². The van der Waals surface area contributed by atoms with Crippen molar-refractivity contribution in [2.24, 2.45) is 23.7 Å². The Morgan fingerprint density at radius 2 is 1.46 bits per heavy atom. The third kappa shape index (κ3) is 7.46. The Morgan fingerprint density at radius 3 is 2.08 bits per heavy atom. The zero-order chi connectivity index (χ0) is 39.1. The number of hydrogen-bond donors (Lipinski definition) is 7. The Morgan fingerprint density at radius 1 is 0.885 bits per heavy atom. The second kappa shape index (κ2) is 15.4. The first kappa shape index (κ1) is 40.5. The fourth-order valence-corrected chi connectivity index (χ4v) is 7.16. The van der Waals surface area contributed by atoms with Gasteiger partial charge in [0.15, 0.2) is 11.5 Å². The number of rotatable bonds is 1. The molecule has 9 atom stereocenters. The van der Waals surface area contributed by atoms with Gasteiger partial charge in [0.05, 0.1) is 41.2 Å². The number of ether oxygens (including phenoxy) is 3. The Bertz CT molecular complexity index is 1800. The smallest absolute Gasteiger partial charge is 0.308 e. The summed E-state index contributed by atoms with van der Waals surface area (Å²) in [5.41, 5.74) is -1.77. The molecule has 0 unspecified atom stereocenters. The lowest BCUT2D eigenvalue weighted by Gasteiger charge is -2.39. The summed E-state index contributed by atoms with van der Waals surface area (Å²) in [5.74, 6) is -5.73. The molecule has 0 radical (unpaired) electrons. The van der Waals surface area contributed by atoms with Crippen LogP contribution in [0.2, 0.25) is 0 Å². The molecule has 1 aliphatic carbocycles. The van der Waals surface area contributed by atoms with Crippen LogP contribution in [0, 0.1) is 30.6 Å². The molecule has 0 fully saturated rings. The molecule has 52 heavy (non-hydrogen) atoms. The average molecular weight is 726 g/mol. The number of fused-ring (bicyclic) bond motifs is 14. The lowest BCUT2D eigenvalue weighted by atomic mass is 9.76. The maximum Gasteiger partial charge on any atom is 0.308 e. The molecule has 3 heterocycles. The summed E-state index contributed by atoms with van der Waals surface area (Å²) in [6, 6.07) is 0. The number of phenolic OH excluding ortho intramolecular Hbond substituents is 1. The molecule has 0 spiro atoms. The van der Waals surface area contributed by atoms with Gasteiger partial charge in [-0.15, -0.1) is 0 Å². The largest absolute Gasteiger partial charge is 0.505 e. The van der Waals surface area contributed by atoms with Crippen LogP contribution >= 0.6 is 0 Å². The van der Waals surface area contributed by atoms with Gasteiger partial charge in [-0.1, -0.05) is 45.9 Å². The van der Waals surface area contributed by atoms with Gasteiger partial charge in [-0.05, 0) is 46.3 Å². The minimum Gasteiger partial charge on any atom is -0.505 e. The van der Waals surface area contributed by atoms with E-state index in [1.807, 2.05) is 0 Å². The topological polar surface area (TPSA) is 212 Å². The van der Waals surface area contributed by atoms with E-state index in [1.54, 1.807) is 39.8 Å². The van der Waals surface area contributed by atoms with Gasteiger partial charge < -0.3 is 50.2 Å². The summed E-state index contributed by atoms with van der Waals surface area (Å²) in [7, 11) is 0. The summed E-state index contributed by atoms with van der Waals surface area (Å²) in [4.78, 5) is 39.9. The van der Waals surface area contributed by atoms with Crippen LogP contribution in [0.25, 0.3) is 5.57 Å². The van der Waals surface area contributed by atoms with E-state index >= 15 is 0 Å². The first-order valence-electron chi connectivity index (χ1n) is 17.3. The summed E-state index contributed by atoms with van der Waals surface area (Å²) < 4.78 is 17.4. The number of allylic oxidation sites excluding steroid dienone is 5. The lowest BCUT2D eigenvalue weighted by molar-refractivity contribution is -0.132. The van der Waals surface area contributed by atoms with Gasteiger partial charge in [-0.2, -0.15) is 0 Å². The maximum absolute atomic E-state index is 13.9. The fourth-order valence-electron chi connectivity index (χ4n) is 7.16. The van der Waals surface area contributed by atoms with Crippen LogP contribution in [0.15, 0.2) is 52.5 Å². The summed E-state index contributed by atoms with van der Waals surface area (Å²) in [6.07, 6.45) is 0.841. The Hall–Kier alpha value is -4.27. The molecule has 3 aliphatic heterocycles. The molecule has 0 saturated carbocycles. The number of carbonyl (C=O) groups excluding carboxylic acids is 3. The summed E-state index contributed by atoms with van der Waals surface area (Å²) in [6.45, 7) is 14.7. The predicted octanol–water partition coefficient (Wildman–Crippen LogP) is 3.95. The monoisotopic (exact) mass is 725 g/mol. The van der Waals surface area contributed by atoms with Gasteiger partial charge in [0.1, 0.15) is 22.9 Å². The van der Waals surface area contributed by atoms with E-state index < -0.39 is 77.1 Å². The van der Waals surface area contributed by atoms with Crippen molar-refractivity contribution in [3.05, 3.63) is 69.2 Å². The molecule has 5 rings (SSSR count). The van der Waals surface area contributed by atoms with E-state index in [2.05, 4.69) is 5.32 Å². The SMILES string of the molecule is CC(=O)Oc1c(C)c2c(O)c3c1C1=C(OCOC1=C(C)C3=O)/C(C)=C/[C@](C)(O)[C@@H](O)[C@@H](C)[C@@H](O)[C@H](C)[C@H](O)[C@H](C)[C@@H](O)[C@H](C)/C=C\C=C(/C)C(=O)N2. The molecule has 4 aliphatic rings. The van der Waals surface area contributed by atoms with E-state index in [4.69, 9.17) is 14.2 Å². The van der Waals surface area contributed by atoms with Gasteiger partial charge in [0, 0.05) is 52.9 Å². The van der Waals surface area contributed by atoms with E-state index in [0.29, 0.717) is 0 Å². The minimum absolute atomic E-state index is 0.0432. The van der Waals surface area contributed by atoms with Crippen molar-refractivity contribution < 1.29 is 59.2 Å². The number of aliphatic hydroxyl groups excluding tert-OH is 4.